The number of hydrogen-bond donors (Lipinski definition) is 3. The molecule has 0 fully saturated rings. The van der Waals surface area contributed by atoms with Crippen LogP contribution in [-0.2, 0) is 17.6 Å². The number of carbonyl (C=O) groups is 2. The molecule has 0 aliphatic heterocycles. The third-order valence-corrected chi connectivity index (χ3v) is 3.88. The number of fused-ring (bicyclic) bond motifs is 1. The number of nitrogens with zero attached hydrogens (tertiary/aromatic N) is 1. The van der Waals surface area contributed by atoms with E-state index in [0.29, 0.717) is 5.13 Å². The number of carboxylic acid groups (broad SMARTS) is 1. The van der Waals surface area contributed by atoms with Crippen LogP contribution in [0.1, 0.15) is 23.9 Å². The van der Waals surface area contributed by atoms with Crippen molar-refractivity contribution >= 4 is 28.5 Å². The molecule has 1 heterocycles. The summed E-state index contributed by atoms with van der Waals surface area (Å²) < 4.78 is 0. The monoisotopic (exact) mass is 269 g/mol. The van der Waals surface area contributed by atoms with Crippen LogP contribution in [-0.4, -0.2) is 28.6 Å². The zero-order chi connectivity index (χ0) is 13.1. The summed E-state index contributed by atoms with van der Waals surface area (Å²) in [5.74, 6) is -1.53. The number of nitrogens with one attached hydrogen (secondary N) is 2. The number of anilines is 1. The number of aryl methyl sites for hydroxylation is 2. The lowest BCUT2D eigenvalue weighted by atomic mass is 10.2. The van der Waals surface area contributed by atoms with Gasteiger partial charge in [-0.25, -0.2) is 9.78 Å². The van der Waals surface area contributed by atoms with Gasteiger partial charge in [-0.1, -0.05) is 6.92 Å². The lowest BCUT2D eigenvalue weighted by Crippen LogP contribution is -2.34. The van der Waals surface area contributed by atoms with Crippen molar-refractivity contribution < 1.29 is 14.7 Å². The van der Waals surface area contributed by atoms with Crippen molar-refractivity contribution in [1.82, 2.24) is 10.3 Å². The molecule has 1 aliphatic rings. The van der Waals surface area contributed by atoms with E-state index in [-0.39, 0.29) is 6.54 Å². The van der Waals surface area contributed by atoms with E-state index in [4.69, 9.17) is 5.11 Å². The standard InChI is InChI=1S/C11H15N3O3S/c1-6(9(15)16)5-12-10(17)14-11-13-7-3-2-4-8(7)18-11/h6H,2-5H2,1H3,(H,15,16)(H2,12,13,14,17). The second kappa shape index (κ2) is 5.34. The second-order valence-corrected chi connectivity index (χ2v) is 5.40. The molecule has 1 aromatic heterocycles. The Morgan fingerprint density at radius 3 is 2.94 bits per heavy atom. The normalized spacial score (nSPS) is 14.9. The van der Waals surface area contributed by atoms with Crippen molar-refractivity contribution in [3.05, 3.63) is 10.6 Å². The van der Waals surface area contributed by atoms with Crippen molar-refractivity contribution in [3.8, 4) is 0 Å². The fourth-order valence-electron chi connectivity index (χ4n) is 1.72. The first kappa shape index (κ1) is 12.8. The lowest BCUT2D eigenvalue weighted by Gasteiger charge is -2.08. The number of carbonyl (C=O) groups excluding carboxylic acids is 1. The molecule has 1 aliphatic carbocycles. The minimum atomic E-state index is -0.927. The number of aromatic nitrogens is 1. The average molecular weight is 269 g/mol. The molecule has 1 aromatic rings. The predicted octanol–water partition coefficient (Wildman–Crippen LogP) is 1.47. The van der Waals surface area contributed by atoms with E-state index >= 15 is 0 Å². The largest absolute Gasteiger partial charge is 0.481 e. The van der Waals surface area contributed by atoms with Crippen molar-refractivity contribution in [3.63, 3.8) is 0 Å². The van der Waals surface area contributed by atoms with E-state index in [1.807, 2.05) is 0 Å². The van der Waals surface area contributed by atoms with Gasteiger partial charge in [-0.2, -0.15) is 0 Å². The molecular formula is C11H15N3O3S. The van der Waals surface area contributed by atoms with Crippen molar-refractivity contribution in [2.45, 2.75) is 26.2 Å². The van der Waals surface area contributed by atoms with Gasteiger partial charge in [0.25, 0.3) is 0 Å². The van der Waals surface area contributed by atoms with Crippen molar-refractivity contribution in [2.75, 3.05) is 11.9 Å². The van der Waals surface area contributed by atoms with Gasteiger partial charge in [0.2, 0.25) is 0 Å². The van der Waals surface area contributed by atoms with E-state index in [9.17, 15) is 9.59 Å². The quantitative estimate of drug-likeness (QED) is 0.772. The molecule has 0 radical (unpaired) electrons. The Bertz CT molecular complexity index is 451. The third-order valence-electron chi connectivity index (χ3n) is 2.81. The summed E-state index contributed by atoms with van der Waals surface area (Å²) >= 11 is 1.49. The first-order chi connectivity index (χ1) is 8.56. The van der Waals surface area contributed by atoms with Gasteiger partial charge in [-0.05, 0) is 19.3 Å². The molecule has 0 bridgehead atoms. The maximum Gasteiger partial charge on any atom is 0.321 e. The summed E-state index contributed by atoms with van der Waals surface area (Å²) in [6.07, 6.45) is 3.15. The molecule has 2 rings (SSSR count). The van der Waals surface area contributed by atoms with Crippen LogP contribution in [0.15, 0.2) is 0 Å². The van der Waals surface area contributed by atoms with Gasteiger partial charge in [0.15, 0.2) is 5.13 Å². The van der Waals surface area contributed by atoms with Crippen LogP contribution < -0.4 is 10.6 Å². The first-order valence-electron chi connectivity index (χ1n) is 5.82. The topological polar surface area (TPSA) is 91.3 Å². The fourth-order valence-corrected chi connectivity index (χ4v) is 2.76. The Morgan fingerprint density at radius 2 is 2.28 bits per heavy atom. The van der Waals surface area contributed by atoms with Gasteiger partial charge in [0.05, 0.1) is 11.6 Å². The number of thiazole rings is 1. The highest BCUT2D eigenvalue weighted by Gasteiger charge is 2.18. The number of rotatable bonds is 4. The molecule has 0 spiro atoms. The Kier molecular flexibility index (Phi) is 3.81. The highest BCUT2D eigenvalue weighted by molar-refractivity contribution is 7.15. The Morgan fingerprint density at radius 1 is 1.50 bits per heavy atom. The summed E-state index contributed by atoms with van der Waals surface area (Å²) in [6.45, 7) is 1.65. The minimum Gasteiger partial charge on any atom is -0.481 e. The molecule has 2 amide bonds. The number of amides is 2. The maximum atomic E-state index is 11.5. The summed E-state index contributed by atoms with van der Waals surface area (Å²) in [5.41, 5.74) is 1.08. The molecule has 6 nitrogen and oxygen atoms in total. The lowest BCUT2D eigenvalue weighted by molar-refractivity contribution is -0.140. The smallest absolute Gasteiger partial charge is 0.321 e. The summed E-state index contributed by atoms with van der Waals surface area (Å²) in [4.78, 5) is 27.7. The molecular weight excluding hydrogens is 254 g/mol. The molecule has 7 heteroatoms. The fraction of sp³-hybridized carbons (Fsp3) is 0.545. The SMILES string of the molecule is CC(CNC(=O)Nc1nc2c(s1)CCC2)C(=O)O. The molecule has 0 saturated heterocycles. The van der Waals surface area contributed by atoms with E-state index in [1.54, 1.807) is 6.92 Å². The zero-order valence-corrected chi connectivity index (χ0v) is 10.8. The van der Waals surface area contributed by atoms with Gasteiger partial charge in [-0.15, -0.1) is 11.3 Å². The maximum absolute atomic E-state index is 11.5. The van der Waals surface area contributed by atoms with Crippen molar-refractivity contribution in [2.24, 2.45) is 5.92 Å². The highest BCUT2D eigenvalue weighted by Crippen LogP contribution is 2.30. The Labute approximate surface area is 108 Å². The Hall–Kier alpha value is -1.63. The van der Waals surface area contributed by atoms with Gasteiger partial charge in [0, 0.05) is 11.4 Å². The van der Waals surface area contributed by atoms with Crippen LogP contribution in [0.5, 0.6) is 0 Å². The Balaban J connectivity index is 1.82. The third kappa shape index (κ3) is 2.98. The molecule has 98 valence electrons. The zero-order valence-electron chi connectivity index (χ0n) is 10.0. The predicted molar refractivity (Wildman–Crippen MR) is 68.0 cm³/mol. The van der Waals surface area contributed by atoms with Crippen LogP contribution in [0.25, 0.3) is 0 Å². The molecule has 0 aromatic carbocycles. The average Bonchev–Trinajstić information content (AvgIpc) is 2.85. The van der Waals surface area contributed by atoms with E-state index < -0.39 is 17.9 Å². The van der Waals surface area contributed by atoms with Crippen LogP contribution in [0, 0.1) is 5.92 Å². The van der Waals surface area contributed by atoms with E-state index in [1.165, 1.54) is 16.2 Å². The van der Waals surface area contributed by atoms with E-state index in [0.717, 1.165) is 25.0 Å². The van der Waals surface area contributed by atoms with Crippen LogP contribution in [0.2, 0.25) is 0 Å². The summed E-state index contributed by atoms with van der Waals surface area (Å²) in [7, 11) is 0. The number of urea groups is 1. The molecule has 0 saturated carbocycles. The summed E-state index contributed by atoms with van der Waals surface area (Å²) in [6, 6.07) is -0.407. The van der Waals surface area contributed by atoms with Gasteiger partial charge < -0.3 is 10.4 Å². The van der Waals surface area contributed by atoms with Gasteiger partial charge in [0.1, 0.15) is 0 Å². The van der Waals surface area contributed by atoms with E-state index in [2.05, 4.69) is 15.6 Å². The van der Waals surface area contributed by atoms with Gasteiger partial charge in [-0.3, -0.25) is 10.1 Å². The molecule has 3 N–H and O–H groups in total. The minimum absolute atomic E-state index is 0.103. The van der Waals surface area contributed by atoms with Crippen LogP contribution in [0.4, 0.5) is 9.93 Å². The summed E-state index contributed by atoms with van der Waals surface area (Å²) in [5, 5.41) is 14.4. The molecule has 18 heavy (non-hydrogen) atoms. The van der Waals surface area contributed by atoms with Crippen molar-refractivity contribution in [1.29, 1.82) is 0 Å². The number of aliphatic carboxylic acids is 1. The number of hydrogen-bond acceptors (Lipinski definition) is 4. The second-order valence-electron chi connectivity index (χ2n) is 4.32. The van der Waals surface area contributed by atoms with Crippen LogP contribution in [0.3, 0.4) is 0 Å². The van der Waals surface area contributed by atoms with Crippen LogP contribution >= 0.6 is 11.3 Å². The first-order valence-corrected chi connectivity index (χ1v) is 6.64. The van der Waals surface area contributed by atoms with Gasteiger partial charge >= 0.3 is 12.0 Å². The molecule has 1 atom stereocenters. The number of carboxylic acids is 1. The molecule has 1 unspecified atom stereocenters. The highest BCUT2D eigenvalue weighted by atomic mass is 32.1.